The molecule has 0 bridgehead atoms. The summed E-state index contributed by atoms with van der Waals surface area (Å²) in [4.78, 5) is 15.3. The molecule has 0 fully saturated rings. The molecule has 1 unspecified atom stereocenters. The number of nitrogens with zero attached hydrogens (tertiary/aromatic N) is 1. The molecular weight excluding hydrogens is 296 g/mol. The van der Waals surface area contributed by atoms with Gasteiger partial charge >= 0.3 is 0 Å². The Balaban J connectivity index is 1.88. The average molecular weight is 318 g/mol. The fourth-order valence-electron chi connectivity index (χ4n) is 2.30. The van der Waals surface area contributed by atoms with Gasteiger partial charge in [0.1, 0.15) is 0 Å². The number of benzene rings is 1. The van der Waals surface area contributed by atoms with E-state index < -0.39 is 0 Å². The van der Waals surface area contributed by atoms with Gasteiger partial charge in [-0.05, 0) is 23.9 Å². The highest BCUT2D eigenvalue weighted by Crippen LogP contribution is 2.17. The molecule has 0 saturated carbocycles. The van der Waals surface area contributed by atoms with Crippen molar-refractivity contribution in [1.82, 2.24) is 10.2 Å². The van der Waals surface area contributed by atoms with E-state index in [0.717, 1.165) is 10.4 Å². The van der Waals surface area contributed by atoms with E-state index in [4.69, 9.17) is 0 Å². The minimum absolute atomic E-state index is 0.0141. The van der Waals surface area contributed by atoms with Crippen LogP contribution in [0.3, 0.4) is 0 Å². The molecule has 0 aliphatic rings. The van der Waals surface area contributed by atoms with Crippen LogP contribution in [0, 0.1) is 0 Å². The molecule has 22 heavy (non-hydrogen) atoms. The molecule has 0 aliphatic heterocycles. The minimum Gasteiger partial charge on any atom is -0.395 e. The minimum atomic E-state index is -0.0229. The first-order valence-electron chi connectivity index (χ1n) is 7.39. The quantitative estimate of drug-likeness (QED) is 0.786. The first kappa shape index (κ1) is 16.7. The van der Waals surface area contributed by atoms with Gasteiger partial charge in [-0.1, -0.05) is 36.4 Å². The molecule has 118 valence electrons. The molecule has 0 spiro atoms. The monoisotopic (exact) mass is 318 g/mol. The lowest BCUT2D eigenvalue weighted by Crippen LogP contribution is -2.39. The number of amides is 1. The summed E-state index contributed by atoms with van der Waals surface area (Å²) in [6, 6.07) is 14.0. The van der Waals surface area contributed by atoms with Gasteiger partial charge in [-0.15, -0.1) is 11.3 Å². The van der Waals surface area contributed by atoms with E-state index in [1.54, 1.807) is 11.3 Å². The molecule has 1 heterocycles. The highest BCUT2D eigenvalue weighted by atomic mass is 32.1. The summed E-state index contributed by atoms with van der Waals surface area (Å²) in [5.41, 5.74) is 1.13. The van der Waals surface area contributed by atoms with Gasteiger partial charge in [-0.25, -0.2) is 0 Å². The number of aliphatic hydroxyl groups is 1. The lowest BCUT2D eigenvalue weighted by atomic mass is 10.2. The van der Waals surface area contributed by atoms with Gasteiger partial charge < -0.3 is 10.4 Å². The van der Waals surface area contributed by atoms with Crippen LogP contribution < -0.4 is 5.32 Å². The fraction of sp³-hybridized carbons (Fsp3) is 0.353. The van der Waals surface area contributed by atoms with Crippen LogP contribution in [0.1, 0.15) is 23.4 Å². The Hall–Kier alpha value is -1.69. The molecule has 0 saturated heterocycles. The Labute approximate surface area is 135 Å². The van der Waals surface area contributed by atoms with Crippen LogP contribution in [0.25, 0.3) is 0 Å². The predicted molar refractivity (Wildman–Crippen MR) is 89.7 cm³/mol. The Kier molecular flexibility index (Phi) is 6.58. The van der Waals surface area contributed by atoms with Crippen molar-refractivity contribution in [2.75, 3.05) is 19.7 Å². The third-order valence-electron chi connectivity index (χ3n) is 3.38. The molecule has 4 nitrogen and oxygen atoms in total. The second kappa shape index (κ2) is 8.68. The van der Waals surface area contributed by atoms with Gasteiger partial charge in [-0.2, -0.15) is 0 Å². The summed E-state index contributed by atoms with van der Waals surface area (Å²) in [7, 11) is 0. The maximum Gasteiger partial charge on any atom is 0.234 e. The van der Waals surface area contributed by atoms with Crippen molar-refractivity contribution in [2.24, 2.45) is 0 Å². The lowest BCUT2D eigenvalue weighted by Gasteiger charge is -2.22. The first-order chi connectivity index (χ1) is 10.7. The Morgan fingerprint density at radius 2 is 2.05 bits per heavy atom. The largest absolute Gasteiger partial charge is 0.395 e. The second-order valence-corrected chi connectivity index (χ2v) is 6.20. The third kappa shape index (κ3) is 5.26. The van der Waals surface area contributed by atoms with Crippen LogP contribution in [-0.4, -0.2) is 35.6 Å². The normalized spacial score (nSPS) is 12.3. The first-order valence-corrected chi connectivity index (χ1v) is 8.27. The number of aliphatic hydroxyl groups excluding tert-OH is 1. The van der Waals surface area contributed by atoms with Gasteiger partial charge in [-0.3, -0.25) is 9.69 Å². The van der Waals surface area contributed by atoms with E-state index in [1.807, 2.05) is 59.7 Å². The summed E-state index contributed by atoms with van der Waals surface area (Å²) in [5.74, 6) is -0.0229. The van der Waals surface area contributed by atoms with E-state index >= 15 is 0 Å². The molecule has 2 aromatic rings. The van der Waals surface area contributed by atoms with Gasteiger partial charge in [0.05, 0.1) is 19.2 Å². The highest BCUT2D eigenvalue weighted by Gasteiger charge is 2.14. The van der Waals surface area contributed by atoms with E-state index in [9.17, 15) is 9.90 Å². The van der Waals surface area contributed by atoms with E-state index in [-0.39, 0.29) is 25.1 Å². The summed E-state index contributed by atoms with van der Waals surface area (Å²) < 4.78 is 0. The Morgan fingerprint density at radius 1 is 1.27 bits per heavy atom. The van der Waals surface area contributed by atoms with Crippen LogP contribution in [0.5, 0.6) is 0 Å². The molecule has 1 atom stereocenters. The zero-order chi connectivity index (χ0) is 15.8. The molecular formula is C17H22N2O2S. The van der Waals surface area contributed by atoms with Gasteiger partial charge in [0.15, 0.2) is 0 Å². The van der Waals surface area contributed by atoms with E-state index in [2.05, 4.69) is 5.32 Å². The number of hydrogen-bond donors (Lipinski definition) is 2. The van der Waals surface area contributed by atoms with Gasteiger partial charge in [0, 0.05) is 18.0 Å². The third-order valence-corrected chi connectivity index (χ3v) is 4.43. The number of carbonyl (C=O) groups is 1. The van der Waals surface area contributed by atoms with Gasteiger partial charge in [0.25, 0.3) is 0 Å². The number of nitrogens with one attached hydrogen (secondary N) is 1. The van der Waals surface area contributed by atoms with Crippen molar-refractivity contribution in [3.63, 3.8) is 0 Å². The van der Waals surface area contributed by atoms with Crippen molar-refractivity contribution in [3.8, 4) is 0 Å². The van der Waals surface area contributed by atoms with Crippen molar-refractivity contribution < 1.29 is 9.90 Å². The Morgan fingerprint density at radius 3 is 2.68 bits per heavy atom. The van der Waals surface area contributed by atoms with Crippen LogP contribution in [-0.2, 0) is 11.3 Å². The average Bonchev–Trinajstić information content (AvgIpc) is 3.02. The molecule has 5 heteroatoms. The maximum absolute atomic E-state index is 12.2. The van der Waals surface area contributed by atoms with Crippen molar-refractivity contribution in [2.45, 2.75) is 19.5 Å². The summed E-state index contributed by atoms with van der Waals surface area (Å²) in [5, 5.41) is 14.2. The fourth-order valence-corrected chi connectivity index (χ4v) is 3.03. The molecule has 1 amide bonds. The number of carbonyl (C=O) groups excluding carboxylic acids is 1. The van der Waals surface area contributed by atoms with Crippen LogP contribution in [0.4, 0.5) is 0 Å². The van der Waals surface area contributed by atoms with E-state index in [1.165, 1.54) is 0 Å². The maximum atomic E-state index is 12.2. The van der Waals surface area contributed by atoms with Crippen LogP contribution in [0.2, 0.25) is 0 Å². The molecule has 2 rings (SSSR count). The van der Waals surface area contributed by atoms with Crippen LogP contribution >= 0.6 is 11.3 Å². The highest BCUT2D eigenvalue weighted by molar-refractivity contribution is 7.10. The predicted octanol–water partition coefficient (Wildman–Crippen LogP) is 2.42. The zero-order valence-electron chi connectivity index (χ0n) is 12.7. The van der Waals surface area contributed by atoms with Crippen molar-refractivity contribution in [3.05, 3.63) is 58.3 Å². The van der Waals surface area contributed by atoms with Gasteiger partial charge in [0.2, 0.25) is 5.91 Å². The molecule has 1 aromatic carbocycles. The summed E-state index contributed by atoms with van der Waals surface area (Å²) in [6.45, 7) is 3.45. The molecule has 0 radical (unpaired) electrons. The van der Waals surface area contributed by atoms with E-state index in [0.29, 0.717) is 13.1 Å². The number of thiophene rings is 1. The smallest absolute Gasteiger partial charge is 0.234 e. The molecule has 0 aliphatic carbocycles. The lowest BCUT2D eigenvalue weighted by molar-refractivity contribution is -0.123. The van der Waals surface area contributed by atoms with Crippen LogP contribution in [0.15, 0.2) is 47.8 Å². The number of rotatable bonds is 8. The zero-order valence-corrected chi connectivity index (χ0v) is 13.6. The summed E-state index contributed by atoms with van der Waals surface area (Å²) >= 11 is 1.64. The molecule has 1 aromatic heterocycles. The SMILES string of the molecule is CC(NC(=O)CN(CCO)Cc1ccccc1)c1cccs1. The van der Waals surface area contributed by atoms with Crippen molar-refractivity contribution in [1.29, 1.82) is 0 Å². The number of hydrogen-bond acceptors (Lipinski definition) is 4. The second-order valence-electron chi connectivity index (χ2n) is 5.22. The molecule has 2 N–H and O–H groups in total. The standard InChI is InChI=1S/C17H22N2O2S/c1-14(16-8-5-11-22-16)18-17(21)13-19(9-10-20)12-15-6-3-2-4-7-15/h2-8,11,14,20H,9-10,12-13H2,1H3,(H,18,21). The summed E-state index contributed by atoms with van der Waals surface area (Å²) in [6.07, 6.45) is 0. The van der Waals surface area contributed by atoms with Crippen molar-refractivity contribution >= 4 is 17.2 Å². The topological polar surface area (TPSA) is 52.6 Å². The Bertz CT molecular complexity index is 557.